The van der Waals surface area contributed by atoms with Crippen LogP contribution in [0.4, 0.5) is 5.82 Å². The summed E-state index contributed by atoms with van der Waals surface area (Å²) in [6.45, 7) is 5.25. The average Bonchev–Trinajstić information content (AvgIpc) is 2.28. The van der Waals surface area contributed by atoms with Crippen LogP contribution in [0.3, 0.4) is 0 Å². The Bertz CT molecular complexity index is 286. The number of hydrogen-bond donors (Lipinski definition) is 1. The van der Waals surface area contributed by atoms with Gasteiger partial charge in [-0.25, -0.2) is 9.97 Å². The van der Waals surface area contributed by atoms with Crippen LogP contribution in [-0.2, 0) is 0 Å². The third-order valence-corrected chi connectivity index (χ3v) is 2.64. The number of anilines is 1. The molecule has 0 aliphatic heterocycles. The van der Waals surface area contributed by atoms with Crippen LogP contribution in [-0.4, -0.2) is 16.5 Å². The first kappa shape index (κ1) is 12.9. The highest BCUT2D eigenvalue weighted by Crippen LogP contribution is 2.06. The molecule has 0 radical (unpaired) electrons. The lowest BCUT2D eigenvalue weighted by molar-refractivity contribution is 0.616. The molecular weight excluding hydrogens is 198 g/mol. The molecule has 0 aliphatic carbocycles. The van der Waals surface area contributed by atoms with Crippen LogP contribution in [0.2, 0.25) is 0 Å². The molecule has 0 bridgehead atoms. The molecule has 1 N–H and O–H groups in total. The van der Waals surface area contributed by atoms with E-state index in [-0.39, 0.29) is 0 Å². The highest BCUT2D eigenvalue weighted by atomic mass is 15.0. The lowest BCUT2D eigenvalue weighted by atomic mass is 10.1. The summed E-state index contributed by atoms with van der Waals surface area (Å²) in [5.41, 5.74) is 1.01. The summed E-state index contributed by atoms with van der Waals surface area (Å²) in [4.78, 5) is 8.23. The van der Waals surface area contributed by atoms with E-state index in [2.05, 4.69) is 22.2 Å². The van der Waals surface area contributed by atoms with Crippen molar-refractivity contribution in [2.45, 2.75) is 52.4 Å². The van der Waals surface area contributed by atoms with Crippen molar-refractivity contribution in [2.24, 2.45) is 0 Å². The second-order valence-electron chi connectivity index (χ2n) is 4.24. The van der Waals surface area contributed by atoms with Gasteiger partial charge in [0.2, 0.25) is 0 Å². The van der Waals surface area contributed by atoms with Crippen LogP contribution >= 0.6 is 0 Å². The minimum atomic E-state index is 0.945. The summed E-state index contributed by atoms with van der Waals surface area (Å²) < 4.78 is 0. The van der Waals surface area contributed by atoms with Crippen LogP contribution in [0.5, 0.6) is 0 Å². The van der Waals surface area contributed by atoms with Gasteiger partial charge in [-0.05, 0) is 13.3 Å². The highest BCUT2D eigenvalue weighted by Gasteiger charge is 1.94. The fraction of sp³-hybridized carbons (Fsp3) is 0.692. The summed E-state index contributed by atoms with van der Waals surface area (Å²) in [5.74, 6) is 0.945. The zero-order valence-corrected chi connectivity index (χ0v) is 10.5. The molecule has 1 aromatic heterocycles. The first-order valence-electron chi connectivity index (χ1n) is 6.35. The summed E-state index contributed by atoms with van der Waals surface area (Å²) >= 11 is 0. The van der Waals surface area contributed by atoms with Gasteiger partial charge in [0.1, 0.15) is 12.1 Å². The predicted molar refractivity (Wildman–Crippen MR) is 68.6 cm³/mol. The summed E-state index contributed by atoms with van der Waals surface area (Å²) in [6, 6.07) is 1.98. The largest absolute Gasteiger partial charge is 0.370 e. The Morgan fingerprint density at radius 1 is 1.06 bits per heavy atom. The number of unbranched alkanes of at least 4 members (excludes halogenated alkanes) is 5. The first-order chi connectivity index (χ1) is 7.83. The van der Waals surface area contributed by atoms with Crippen molar-refractivity contribution in [3.05, 3.63) is 18.1 Å². The van der Waals surface area contributed by atoms with Gasteiger partial charge >= 0.3 is 0 Å². The molecule has 0 aliphatic rings. The minimum Gasteiger partial charge on any atom is -0.370 e. The Hall–Kier alpha value is -1.12. The second kappa shape index (κ2) is 8.08. The number of aromatic nitrogens is 2. The topological polar surface area (TPSA) is 37.8 Å². The maximum atomic E-state index is 4.16. The fourth-order valence-electron chi connectivity index (χ4n) is 1.67. The maximum Gasteiger partial charge on any atom is 0.129 e. The minimum absolute atomic E-state index is 0.945. The molecule has 90 valence electrons. The van der Waals surface area contributed by atoms with E-state index in [0.717, 1.165) is 18.1 Å². The third-order valence-electron chi connectivity index (χ3n) is 2.64. The molecule has 0 saturated carbocycles. The zero-order chi connectivity index (χ0) is 11.6. The smallest absolute Gasteiger partial charge is 0.129 e. The Labute approximate surface area is 98.7 Å². The number of rotatable bonds is 8. The fourth-order valence-corrected chi connectivity index (χ4v) is 1.67. The zero-order valence-electron chi connectivity index (χ0n) is 10.5. The van der Waals surface area contributed by atoms with E-state index in [0.29, 0.717) is 0 Å². The van der Waals surface area contributed by atoms with Crippen molar-refractivity contribution in [3.8, 4) is 0 Å². The molecule has 0 spiro atoms. The van der Waals surface area contributed by atoms with Gasteiger partial charge in [0.05, 0.1) is 0 Å². The van der Waals surface area contributed by atoms with Crippen molar-refractivity contribution in [1.82, 2.24) is 9.97 Å². The van der Waals surface area contributed by atoms with Gasteiger partial charge in [0.25, 0.3) is 0 Å². The third kappa shape index (κ3) is 5.69. The van der Waals surface area contributed by atoms with E-state index < -0.39 is 0 Å². The van der Waals surface area contributed by atoms with Crippen LogP contribution < -0.4 is 5.32 Å². The predicted octanol–water partition coefficient (Wildman–Crippen LogP) is 3.56. The SMILES string of the molecule is CCCCCCCCNc1cc(C)ncn1. The Morgan fingerprint density at radius 2 is 1.81 bits per heavy atom. The Balaban J connectivity index is 2.03. The quantitative estimate of drug-likeness (QED) is 0.682. The van der Waals surface area contributed by atoms with Crippen molar-refractivity contribution in [1.29, 1.82) is 0 Å². The number of nitrogens with zero attached hydrogens (tertiary/aromatic N) is 2. The standard InChI is InChI=1S/C13H23N3/c1-3-4-5-6-7-8-9-14-13-10-12(2)15-11-16-13/h10-11H,3-9H2,1-2H3,(H,14,15,16). The van der Waals surface area contributed by atoms with Gasteiger partial charge in [0, 0.05) is 18.3 Å². The van der Waals surface area contributed by atoms with Crippen LogP contribution in [0.15, 0.2) is 12.4 Å². The molecule has 0 aromatic carbocycles. The van der Waals surface area contributed by atoms with Crippen LogP contribution in [0.25, 0.3) is 0 Å². The first-order valence-corrected chi connectivity index (χ1v) is 6.35. The Morgan fingerprint density at radius 3 is 2.56 bits per heavy atom. The molecule has 3 nitrogen and oxygen atoms in total. The van der Waals surface area contributed by atoms with Crippen molar-refractivity contribution in [3.63, 3.8) is 0 Å². The monoisotopic (exact) mass is 221 g/mol. The summed E-state index contributed by atoms with van der Waals surface area (Å²) in [5, 5.41) is 3.33. The molecule has 16 heavy (non-hydrogen) atoms. The van der Waals surface area contributed by atoms with Gasteiger partial charge in [-0.2, -0.15) is 0 Å². The van der Waals surface area contributed by atoms with Crippen LogP contribution in [0.1, 0.15) is 51.1 Å². The molecule has 0 amide bonds. The second-order valence-corrected chi connectivity index (χ2v) is 4.24. The van der Waals surface area contributed by atoms with E-state index in [1.165, 1.54) is 38.5 Å². The van der Waals surface area contributed by atoms with E-state index in [1.54, 1.807) is 6.33 Å². The molecular formula is C13H23N3. The highest BCUT2D eigenvalue weighted by molar-refractivity contribution is 5.33. The van der Waals surface area contributed by atoms with Crippen LogP contribution in [0, 0.1) is 6.92 Å². The number of hydrogen-bond acceptors (Lipinski definition) is 3. The molecule has 3 heteroatoms. The lowest BCUT2D eigenvalue weighted by Gasteiger charge is -2.05. The number of aryl methyl sites for hydroxylation is 1. The number of nitrogens with one attached hydrogen (secondary N) is 1. The summed E-state index contributed by atoms with van der Waals surface area (Å²) in [6.07, 6.45) is 9.58. The molecule has 1 heterocycles. The molecule has 0 atom stereocenters. The average molecular weight is 221 g/mol. The molecule has 1 rings (SSSR count). The van der Waals surface area contributed by atoms with Gasteiger partial charge in [-0.3, -0.25) is 0 Å². The van der Waals surface area contributed by atoms with Crippen molar-refractivity contribution in [2.75, 3.05) is 11.9 Å². The maximum absolute atomic E-state index is 4.16. The molecule has 0 fully saturated rings. The van der Waals surface area contributed by atoms with Gasteiger partial charge in [0.15, 0.2) is 0 Å². The van der Waals surface area contributed by atoms with Gasteiger partial charge in [-0.1, -0.05) is 39.0 Å². The lowest BCUT2D eigenvalue weighted by Crippen LogP contribution is -2.03. The van der Waals surface area contributed by atoms with E-state index in [9.17, 15) is 0 Å². The normalized spacial score (nSPS) is 10.4. The van der Waals surface area contributed by atoms with Gasteiger partial charge < -0.3 is 5.32 Å². The van der Waals surface area contributed by atoms with E-state index in [1.807, 2.05) is 13.0 Å². The van der Waals surface area contributed by atoms with Crippen molar-refractivity contribution < 1.29 is 0 Å². The van der Waals surface area contributed by atoms with E-state index >= 15 is 0 Å². The van der Waals surface area contributed by atoms with E-state index in [4.69, 9.17) is 0 Å². The summed E-state index contributed by atoms with van der Waals surface area (Å²) in [7, 11) is 0. The van der Waals surface area contributed by atoms with Crippen molar-refractivity contribution >= 4 is 5.82 Å². The van der Waals surface area contributed by atoms with Gasteiger partial charge in [-0.15, -0.1) is 0 Å². The molecule has 0 saturated heterocycles. The Kier molecular flexibility index (Phi) is 6.54. The molecule has 0 unspecified atom stereocenters. The molecule has 1 aromatic rings.